The van der Waals surface area contributed by atoms with E-state index in [0.717, 1.165) is 5.75 Å². The van der Waals surface area contributed by atoms with Gasteiger partial charge in [-0.2, -0.15) is 11.8 Å². The summed E-state index contributed by atoms with van der Waals surface area (Å²) in [6.07, 6.45) is 2.39. The molecular weight excluding hydrogens is 227 g/mol. The second-order valence-electron chi connectivity index (χ2n) is 1.81. The first-order valence-electron chi connectivity index (χ1n) is 2.86. The molecule has 0 fully saturated rings. The number of thioether (sulfide) groups is 1. The Bertz CT molecular complexity index is 117. The zero-order valence-corrected chi connectivity index (χ0v) is 8.39. The van der Waals surface area contributed by atoms with Gasteiger partial charge in [-0.05, 0) is 12.0 Å². The van der Waals surface area contributed by atoms with Gasteiger partial charge in [0.2, 0.25) is 5.91 Å². The second kappa shape index (κ2) is 11.2. The molecule has 0 heterocycles. The molecule has 0 spiro atoms. The average Bonchev–Trinajstić information content (AvgIpc) is 1.98. The minimum absolute atomic E-state index is 0. The maximum atomic E-state index is 10.5. The maximum absolute atomic E-state index is 10.5. The van der Waals surface area contributed by atoms with Crippen LogP contribution in [0.3, 0.4) is 0 Å². The smallest absolute Gasteiger partial charge is 0.870 e. The summed E-state index contributed by atoms with van der Waals surface area (Å²) < 4.78 is 0. The van der Waals surface area contributed by atoms with Gasteiger partial charge in [-0.1, -0.05) is 12.5 Å². The van der Waals surface area contributed by atoms with Crippen molar-refractivity contribution >= 4 is 17.7 Å². The minimum atomic E-state index is -0.836. The number of carbonyl (C=O) groups is 1. The van der Waals surface area contributed by atoms with Crippen LogP contribution in [0.2, 0.25) is 0 Å². The van der Waals surface area contributed by atoms with Gasteiger partial charge in [0.25, 0.3) is 0 Å². The van der Waals surface area contributed by atoms with E-state index < -0.39 is 11.9 Å². The van der Waals surface area contributed by atoms with E-state index in [9.17, 15) is 4.79 Å². The van der Waals surface area contributed by atoms with E-state index >= 15 is 0 Å². The summed E-state index contributed by atoms with van der Waals surface area (Å²) in [6.45, 7) is 0. The van der Waals surface area contributed by atoms with Gasteiger partial charge in [-0.25, -0.2) is 5.48 Å². The molecule has 0 aromatic rings. The molecule has 1 unspecified atom stereocenters. The van der Waals surface area contributed by atoms with Gasteiger partial charge < -0.3 is 11.2 Å². The van der Waals surface area contributed by atoms with Gasteiger partial charge in [-0.15, -0.1) is 0 Å². The Labute approximate surface area is 85.9 Å². The third-order valence-electron chi connectivity index (χ3n) is 1.04. The van der Waals surface area contributed by atoms with Crippen molar-refractivity contribution in [3.8, 4) is 0 Å². The first-order valence-corrected chi connectivity index (χ1v) is 4.25. The predicted molar refractivity (Wildman–Crippen MR) is 43.0 cm³/mol. The molecule has 0 bridgehead atoms. The van der Waals surface area contributed by atoms with Crippen LogP contribution in [0.5, 0.6) is 0 Å². The van der Waals surface area contributed by atoms with Crippen molar-refractivity contribution in [2.24, 2.45) is 0 Å². The number of nitrogens with one attached hydrogen (secondary N) is 2. The second-order valence-corrected chi connectivity index (χ2v) is 2.80. The van der Waals surface area contributed by atoms with Crippen molar-refractivity contribution in [2.75, 3.05) is 12.0 Å². The Kier molecular flexibility index (Phi) is 16.9. The number of amides is 1. The summed E-state index contributed by atoms with van der Waals surface area (Å²) in [6, 6.07) is -0.836. The van der Waals surface area contributed by atoms with E-state index in [4.69, 9.17) is 10.9 Å². The molecule has 0 saturated heterocycles. The number of carbonyl (C=O) groups excluding carboxylic acids is 1. The van der Waals surface area contributed by atoms with Crippen molar-refractivity contribution in [3.05, 3.63) is 5.73 Å². The Morgan fingerprint density at radius 2 is 2.25 bits per heavy atom. The normalized spacial score (nSPS) is 10.6. The van der Waals surface area contributed by atoms with Crippen LogP contribution in [0.4, 0.5) is 0 Å². The van der Waals surface area contributed by atoms with Crippen molar-refractivity contribution in [1.82, 2.24) is 5.48 Å². The first-order chi connectivity index (χ1) is 4.72. The topological polar surface area (TPSA) is 103 Å². The summed E-state index contributed by atoms with van der Waals surface area (Å²) in [5.41, 5.74) is 8.53. The number of hydrogen-bond donors (Lipinski definition) is 2. The van der Waals surface area contributed by atoms with Gasteiger partial charge in [0.15, 0.2) is 0 Å². The minimum Gasteiger partial charge on any atom is -0.870 e. The summed E-state index contributed by atoms with van der Waals surface area (Å²) >= 11 is 1.58. The standard InChI is InChI=1S/C5H11N2O2S.Co.H2O/c1-10-3-2-4(6)5(8)7-9;;/h4,6,9H,2-3H2,1H3,(H,7,8);;1H2/q-1;+2;/p-1. The summed E-state index contributed by atoms with van der Waals surface area (Å²) in [4.78, 5) is 10.5. The molecule has 0 rings (SSSR count). The van der Waals surface area contributed by atoms with Gasteiger partial charge in [0.1, 0.15) is 0 Å². The monoisotopic (exact) mass is 239 g/mol. The molecule has 75 valence electrons. The van der Waals surface area contributed by atoms with Gasteiger partial charge >= 0.3 is 16.8 Å². The molecule has 0 aliphatic heterocycles. The Balaban J connectivity index is -0.000000405. The predicted octanol–water partition coefficient (Wildman–Crippen LogP) is 0.486. The van der Waals surface area contributed by atoms with Crippen LogP contribution in [-0.2, 0) is 21.6 Å². The van der Waals surface area contributed by atoms with Crippen LogP contribution in [0.1, 0.15) is 6.42 Å². The molecule has 0 saturated carbocycles. The zero-order valence-electron chi connectivity index (χ0n) is 6.54. The zero-order chi connectivity index (χ0) is 7.98. The third-order valence-corrected chi connectivity index (χ3v) is 1.68. The van der Waals surface area contributed by atoms with Crippen LogP contribution in [0.15, 0.2) is 0 Å². The molecule has 0 aliphatic carbocycles. The molecule has 1 atom stereocenters. The SMILES string of the molecule is CSCCC([NH-])C(=O)NO.[Co+2].[OH-]. The largest absolute Gasteiger partial charge is 2.00 e. The Morgan fingerprint density at radius 3 is 2.58 bits per heavy atom. The van der Waals surface area contributed by atoms with Crippen molar-refractivity contribution < 1.29 is 32.3 Å². The fourth-order valence-electron chi connectivity index (χ4n) is 0.445. The summed E-state index contributed by atoms with van der Waals surface area (Å²) in [7, 11) is 0. The van der Waals surface area contributed by atoms with Crippen LogP contribution >= 0.6 is 11.8 Å². The molecule has 0 aromatic heterocycles. The molecule has 12 heavy (non-hydrogen) atoms. The molecule has 0 aromatic carbocycles. The van der Waals surface area contributed by atoms with Crippen LogP contribution in [-0.4, -0.2) is 34.6 Å². The average molecular weight is 239 g/mol. The molecule has 5 nitrogen and oxygen atoms in total. The van der Waals surface area contributed by atoms with Crippen molar-refractivity contribution in [3.63, 3.8) is 0 Å². The fourth-order valence-corrected chi connectivity index (χ4v) is 0.916. The van der Waals surface area contributed by atoms with E-state index in [1.54, 1.807) is 11.8 Å². The maximum Gasteiger partial charge on any atom is 2.00 e. The fraction of sp³-hybridized carbons (Fsp3) is 0.800. The Morgan fingerprint density at radius 1 is 1.75 bits per heavy atom. The van der Waals surface area contributed by atoms with E-state index in [1.807, 2.05) is 6.26 Å². The Hall–Kier alpha value is 0.206. The third kappa shape index (κ3) is 8.30. The van der Waals surface area contributed by atoms with Gasteiger partial charge in [0.05, 0.1) is 0 Å². The number of hydrogen-bond acceptors (Lipinski definition) is 4. The van der Waals surface area contributed by atoms with Crippen LogP contribution < -0.4 is 5.48 Å². The van der Waals surface area contributed by atoms with Crippen LogP contribution in [0.25, 0.3) is 5.73 Å². The molecule has 7 heteroatoms. The number of rotatable bonds is 4. The van der Waals surface area contributed by atoms with Crippen LogP contribution in [0, 0.1) is 0 Å². The summed E-state index contributed by atoms with van der Waals surface area (Å²) in [5, 5.41) is 8.08. The molecule has 4 N–H and O–H groups in total. The molecular formula is C5H12CoN2O3S. The molecule has 0 aliphatic rings. The quantitative estimate of drug-likeness (QED) is 0.550. The van der Waals surface area contributed by atoms with E-state index in [2.05, 4.69) is 0 Å². The summed E-state index contributed by atoms with van der Waals surface area (Å²) in [5.74, 6) is 0.135. The van der Waals surface area contributed by atoms with E-state index in [-0.39, 0.29) is 22.3 Å². The van der Waals surface area contributed by atoms with Gasteiger partial charge in [0, 0.05) is 0 Å². The first kappa shape index (κ1) is 18.1. The number of hydroxylamine groups is 1. The van der Waals surface area contributed by atoms with Crippen molar-refractivity contribution in [1.29, 1.82) is 0 Å². The van der Waals surface area contributed by atoms with E-state index in [0.29, 0.717) is 6.42 Å². The molecule has 1 radical (unpaired) electrons. The molecule has 1 amide bonds. The van der Waals surface area contributed by atoms with E-state index in [1.165, 1.54) is 5.48 Å². The van der Waals surface area contributed by atoms with Crippen molar-refractivity contribution in [2.45, 2.75) is 12.5 Å². The van der Waals surface area contributed by atoms with Gasteiger partial charge in [-0.3, -0.25) is 10.0 Å².